The second-order valence-corrected chi connectivity index (χ2v) is 5.97. The van der Waals surface area contributed by atoms with Crippen LogP contribution in [-0.2, 0) is 0 Å². The molecule has 0 saturated carbocycles. The fraction of sp³-hybridized carbons (Fsp3) is 0.412. The van der Waals surface area contributed by atoms with Crippen molar-refractivity contribution in [3.63, 3.8) is 0 Å². The minimum absolute atomic E-state index is 0.0153. The van der Waals surface area contributed by atoms with Gasteiger partial charge in [-0.1, -0.05) is 6.92 Å². The molecule has 1 aliphatic heterocycles. The molecule has 1 aliphatic rings. The predicted molar refractivity (Wildman–Crippen MR) is 85.1 cm³/mol. The molecule has 0 spiro atoms. The zero-order chi connectivity index (χ0) is 17.3. The van der Waals surface area contributed by atoms with E-state index in [1.165, 1.54) is 18.3 Å². The Morgan fingerprint density at radius 2 is 2.25 bits per heavy atom. The normalized spacial score (nSPS) is 21.1. The first kappa shape index (κ1) is 16.4. The van der Waals surface area contributed by atoms with Crippen LogP contribution in [0.5, 0.6) is 5.75 Å². The van der Waals surface area contributed by atoms with Crippen molar-refractivity contribution in [3.05, 3.63) is 30.0 Å². The van der Waals surface area contributed by atoms with Gasteiger partial charge in [-0.25, -0.2) is 0 Å². The Morgan fingerprint density at radius 3 is 2.92 bits per heavy atom. The third-order valence-corrected chi connectivity index (χ3v) is 4.39. The van der Waals surface area contributed by atoms with Gasteiger partial charge in [0.25, 0.3) is 0 Å². The van der Waals surface area contributed by atoms with Gasteiger partial charge in [0.2, 0.25) is 0 Å². The third-order valence-electron chi connectivity index (χ3n) is 4.39. The predicted octanol–water partition coefficient (Wildman–Crippen LogP) is 2.91. The molecule has 1 aromatic heterocycles. The summed E-state index contributed by atoms with van der Waals surface area (Å²) in [6.45, 7) is 0.114. The molecule has 2 unspecified atom stereocenters. The lowest BCUT2D eigenvalue weighted by Gasteiger charge is -2.36. The van der Waals surface area contributed by atoms with Gasteiger partial charge in [-0.15, -0.1) is 0 Å². The first-order chi connectivity index (χ1) is 11.5. The van der Waals surface area contributed by atoms with E-state index < -0.39 is 12.7 Å². The van der Waals surface area contributed by atoms with Gasteiger partial charge in [0, 0.05) is 24.7 Å². The largest absolute Gasteiger partial charge is 0.435 e. The molecule has 126 valence electrons. The number of rotatable bonds is 3. The Hall–Kier alpha value is -2.46. The van der Waals surface area contributed by atoms with Crippen molar-refractivity contribution >= 4 is 16.6 Å². The summed E-state index contributed by atoms with van der Waals surface area (Å²) in [6.07, 6.45) is 1.74. The first-order valence-electron chi connectivity index (χ1n) is 7.70. The van der Waals surface area contributed by atoms with Gasteiger partial charge in [0.1, 0.15) is 11.8 Å². The summed E-state index contributed by atoms with van der Waals surface area (Å²) < 4.78 is 29.4. The second kappa shape index (κ2) is 6.57. The molecule has 2 aromatic rings. The highest BCUT2D eigenvalue weighted by molar-refractivity contribution is 5.95. The fourth-order valence-corrected chi connectivity index (χ4v) is 3.01. The van der Waals surface area contributed by atoms with E-state index in [9.17, 15) is 19.1 Å². The van der Waals surface area contributed by atoms with Crippen molar-refractivity contribution < 1.29 is 18.6 Å². The van der Waals surface area contributed by atoms with Gasteiger partial charge < -0.3 is 14.7 Å². The zero-order valence-corrected chi connectivity index (χ0v) is 13.1. The van der Waals surface area contributed by atoms with Gasteiger partial charge in [-0.3, -0.25) is 4.98 Å². The van der Waals surface area contributed by atoms with Crippen molar-refractivity contribution in [2.24, 2.45) is 5.92 Å². The molecule has 2 atom stereocenters. The van der Waals surface area contributed by atoms with E-state index in [-0.39, 0.29) is 11.7 Å². The number of nitriles is 1. The van der Waals surface area contributed by atoms with Crippen molar-refractivity contribution in [2.75, 3.05) is 18.0 Å². The second-order valence-electron chi connectivity index (χ2n) is 5.97. The summed E-state index contributed by atoms with van der Waals surface area (Å²) >= 11 is 0. The standard InChI is InChI=1S/C17H17F2N3O2/c1-10-4-5-22(9-15(10)23)16-11(7-20)8-21-14-3-2-12(6-13(14)16)24-17(18)19/h2-3,6,8,10,15,17,23H,4-5,9H2,1H3. The van der Waals surface area contributed by atoms with E-state index in [1.54, 1.807) is 6.07 Å². The number of halogens is 2. The Balaban J connectivity index is 2.11. The monoisotopic (exact) mass is 333 g/mol. The molecule has 1 N–H and O–H groups in total. The number of aliphatic hydroxyl groups excluding tert-OH is 1. The van der Waals surface area contributed by atoms with E-state index in [0.29, 0.717) is 35.2 Å². The maximum absolute atomic E-state index is 12.5. The summed E-state index contributed by atoms with van der Waals surface area (Å²) in [4.78, 5) is 6.12. The average molecular weight is 333 g/mol. The Bertz CT molecular complexity index is 791. The van der Waals surface area contributed by atoms with Crippen LogP contribution in [0.3, 0.4) is 0 Å². The van der Waals surface area contributed by atoms with Gasteiger partial charge >= 0.3 is 6.61 Å². The van der Waals surface area contributed by atoms with Crippen LogP contribution in [-0.4, -0.2) is 35.9 Å². The van der Waals surface area contributed by atoms with Crippen LogP contribution in [0.15, 0.2) is 24.4 Å². The molecule has 3 rings (SSSR count). The van der Waals surface area contributed by atoms with Crippen LogP contribution >= 0.6 is 0 Å². The number of benzene rings is 1. The summed E-state index contributed by atoms with van der Waals surface area (Å²) in [5, 5.41) is 20.1. The zero-order valence-electron chi connectivity index (χ0n) is 13.1. The van der Waals surface area contributed by atoms with Crippen LogP contribution in [0.2, 0.25) is 0 Å². The molecule has 5 nitrogen and oxygen atoms in total. The minimum Gasteiger partial charge on any atom is -0.435 e. The van der Waals surface area contributed by atoms with Crippen LogP contribution in [0.4, 0.5) is 14.5 Å². The van der Waals surface area contributed by atoms with E-state index in [2.05, 4.69) is 15.8 Å². The Kier molecular flexibility index (Phi) is 4.49. The number of nitrogens with zero attached hydrogens (tertiary/aromatic N) is 3. The number of piperidine rings is 1. The number of fused-ring (bicyclic) bond motifs is 1. The quantitative estimate of drug-likeness (QED) is 0.935. The fourth-order valence-electron chi connectivity index (χ4n) is 3.01. The number of anilines is 1. The van der Waals surface area contributed by atoms with Crippen LogP contribution in [0, 0.1) is 17.2 Å². The number of alkyl halides is 2. The third kappa shape index (κ3) is 3.10. The molecule has 2 heterocycles. The molecule has 0 aliphatic carbocycles. The maximum atomic E-state index is 12.5. The lowest BCUT2D eigenvalue weighted by atomic mass is 9.94. The SMILES string of the molecule is CC1CCN(c2c(C#N)cnc3ccc(OC(F)F)cc23)CC1O. The van der Waals surface area contributed by atoms with Crippen molar-refractivity contribution in [3.8, 4) is 11.8 Å². The van der Waals surface area contributed by atoms with E-state index >= 15 is 0 Å². The lowest BCUT2D eigenvalue weighted by Crippen LogP contribution is -2.43. The molecule has 0 amide bonds. The number of aliphatic hydroxyl groups is 1. The maximum Gasteiger partial charge on any atom is 0.387 e. The number of ether oxygens (including phenoxy) is 1. The molecule has 0 radical (unpaired) electrons. The van der Waals surface area contributed by atoms with E-state index in [4.69, 9.17) is 0 Å². The van der Waals surface area contributed by atoms with Crippen molar-refractivity contribution in [2.45, 2.75) is 26.1 Å². The van der Waals surface area contributed by atoms with Crippen LogP contribution in [0.25, 0.3) is 10.9 Å². The smallest absolute Gasteiger partial charge is 0.387 e. The van der Waals surface area contributed by atoms with Crippen LogP contribution in [0.1, 0.15) is 18.9 Å². The van der Waals surface area contributed by atoms with Crippen molar-refractivity contribution in [1.29, 1.82) is 5.26 Å². The van der Waals surface area contributed by atoms with Gasteiger partial charge in [-0.05, 0) is 30.5 Å². The number of aromatic nitrogens is 1. The Morgan fingerprint density at radius 1 is 1.46 bits per heavy atom. The van der Waals surface area contributed by atoms with Gasteiger partial charge in [0.15, 0.2) is 0 Å². The van der Waals surface area contributed by atoms with Gasteiger partial charge in [-0.2, -0.15) is 14.0 Å². The highest BCUT2D eigenvalue weighted by Gasteiger charge is 2.27. The first-order valence-corrected chi connectivity index (χ1v) is 7.70. The number of β-amino-alcohol motifs (C(OH)–C–C–N with tert-alkyl or cyclic N) is 1. The molecule has 1 aromatic carbocycles. The topological polar surface area (TPSA) is 69.4 Å². The summed E-state index contributed by atoms with van der Waals surface area (Å²) in [5.41, 5.74) is 1.53. The molecule has 0 bridgehead atoms. The highest BCUT2D eigenvalue weighted by Crippen LogP contribution is 2.34. The molecule has 7 heteroatoms. The molecular weight excluding hydrogens is 316 g/mol. The molecular formula is C17H17F2N3O2. The van der Waals surface area contributed by atoms with Crippen molar-refractivity contribution in [1.82, 2.24) is 4.98 Å². The lowest BCUT2D eigenvalue weighted by molar-refractivity contribution is -0.0497. The minimum atomic E-state index is -2.92. The van der Waals surface area contributed by atoms with E-state index in [0.717, 1.165) is 6.42 Å². The average Bonchev–Trinajstić information content (AvgIpc) is 2.55. The van der Waals surface area contributed by atoms with E-state index in [1.807, 2.05) is 11.8 Å². The van der Waals surface area contributed by atoms with Crippen LogP contribution < -0.4 is 9.64 Å². The summed E-state index contributed by atoms with van der Waals surface area (Å²) in [7, 11) is 0. The molecule has 24 heavy (non-hydrogen) atoms. The highest BCUT2D eigenvalue weighted by atomic mass is 19.3. The number of pyridine rings is 1. The molecule has 1 saturated heterocycles. The number of hydrogen-bond acceptors (Lipinski definition) is 5. The number of hydrogen-bond donors (Lipinski definition) is 1. The summed E-state index contributed by atoms with van der Waals surface area (Å²) in [6, 6.07) is 6.57. The van der Waals surface area contributed by atoms with Gasteiger partial charge in [0.05, 0.1) is 22.9 Å². The summed E-state index contributed by atoms with van der Waals surface area (Å²) in [5.74, 6) is 0.194. The Labute approximate surface area is 138 Å². The molecule has 1 fully saturated rings.